The molecule has 3 amide bonds. The Hall–Kier alpha value is -2.34. The van der Waals surface area contributed by atoms with Crippen LogP contribution in [0.25, 0.3) is 0 Å². The second-order valence-corrected chi connectivity index (χ2v) is 7.54. The predicted molar refractivity (Wildman–Crippen MR) is 103 cm³/mol. The maximum atomic E-state index is 12.6. The van der Waals surface area contributed by atoms with E-state index in [4.69, 9.17) is 0 Å². The molecule has 0 aliphatic carbocycles. The minimum absolute atomic E-state index is 0.0206. The van der Waals surface area contributed by atoms with E-state index >= 15 is 0 Å². The van der Waals surface area contributed by atoms with Gasteiger partial charge in [0.1, 0.15) is 0 Å². The Morgan fingerprint density at radius 1 is 1.28 bits per heavy atom. The molecule has 0 bridgehead atoms. The van der Waals surface area contributed by atoms with Gasteiger partial charge in [0.15, 0.2) is 0 Å². The lowest BCUT2D eigenvalue weighted by Crippen LogP contribution is -2.30. The van der Waals surface area contributed by atoms with Crippen LogP contribution in [0.3, 0.4) is 0 Å². The van der Waals surface area contributed by atoms with Gasteiger partial charge in [0.05, 0.1) is 4.88 Å². The third kappa shape index (κ3) is 4.20. The summed E-state index contributed by atoms with van der Waals surface area (Å²) in [7, 11) is 0. The average Bonchev–Trinajstić information content (AvgIpc) is 3.23. The normalized spacial score (nSPS) is 13.0. The molecule has 0 unspecified atom stereocenters. The lowest BCUT2D eigenvalue weighted by atomic mass is 10.1. The first-order valence-corrected chi connectivity index (χ1v) is 9.45. The predicted octanol–water partition coefficient (Wildman–Crippen LogP) is 4.12. The number of hydrogen-bond donors (Lipinski definition) is 2. The summed E-state index contributed by atoms with van der Waals surface area (Å²) in [5.74, 6) is 0.574. The van der Waals surface area contributed by atoms with Crippen molar-refractivity contribution in [1.82, 2.24) is 5.32 Å². The van der Waals surface area contributed by atoms with Gasteiger partial charge in [0, 0.05) is 24.5 Å². The van der Waals surface area contributed by atoms with E-state index in [0.29, 0.717) is 24.7 Å². The van der Waals surface area contributed by atoms with E-state index in [1.165, 1.54) is 11.3 Å². The van der Waals surface area contributed by atoms with Crippen molar-refractivity contribution in [2.24, 2.45) is 5.92 Å². The minimum Gasteiger partial charge on any atom is -0.338 e. The fraction of sp³-hybridized carbons (Fsp3) is 0.368. The number of benzene rings is 1. The molecule has 2 N–H and O–H groups in total. The fourth-order valence-electron chi connectivity index (χ4n) is 2.85. The first-order valence-electron chi connectivity index (χ1n) is 8.57. The highest BCUT2D eigenvalue weighted by molar-refractivity contribution is 7.12. The van der Waals surface area contributed by atoms with Crippen LogP contribution in [0.4, 0.5) is 16.2 Å². The van der Waals surface area contributed by atoms with Crippen LogP contribution in [0.5, 0.6) is 0 Å². The summed E-state index contributed by atoms with van der Waals surface area (Å²) in [6.45, 7) is 5.58. The first-order chi connectivity index (χ1) is 12.0. The largest absolute Gasteiger partial charge is 0.338 e. The smallest absolute Gasteiger partial charge is 0.319 e. The number of anilines is 2. The number of nitrogens with one attached hydrogen (secondary N) is 2. The van der Waals surface area contributed by atoms with Crippen LogP contribution in [0, 0.1) is 5.92 Å². The maximum Gasteiger partial charge on any atom is 0.319 e. The van der Waals surface area contributed by atoms with E-state index in [0.717, 1.165) is 29.0 Å². The van der Waals surface area contributed by atoms with Gasteiger partial charge >= 0.3 is 6.03 Å². The molecule has 3 rings (SSSR count). The summed E-state index contributed by atoms with van der Waals surface area (Å²) in [4.78, 5) is 27.2. The van der Waals surface area contributed by atoms with E-state index in [1.54, 1.807) is 4.90 Å². The molecular weight excluding hydrogens is 334 g/mol. The van der Waals surface area contributed by atoms with Crippen molar-refractivity contribution in [1.29, 1.82) is 0 Å². The van der Waals surface area contributed by atoms with Crippen LogP contribution >= 0.6 is 11.3 Å². The second-order valence-electron chi connectivity index (χ2n) is 6.59. The third-order valence-corrected chi connectivity index (χ3v) is 5.08. The van der Waals surface area contributed by atoms with Crippen molar-refractivity contribution in [3.8, 4) is 0 Å². The van der Waals surface area contributed by atoms with Crippen LogP contribution in [-0.4, -0.2) is 25.0 Å². The molecule has 0 fully saturated rings. The van der Waals surface area contributed by atoms with Gasteiger partial charge in [-0.05, 0) is 47.9 Å². The van der Waals surface area contributed by atoms with Crippen LogP contribution in [0.15, 0.2) is 35.7 Å². The van der Waals surface area contributed by atoms with Gasteiger partial charge in [-0.3, -0.25) is 4.79 Å². The van der Waals surface area contributed by atoms with Crippen LogP contribution in [0.1, 0.15) is 35.5 Å². The molecule has 5 nitrogen and oxygen atoms in total. The standard InChI is InChI=1S/C19H23N3O2S/c1-13(2)7-9-20-19(24)21-15-6-5-14-8-10-22(16(14)12-15)18(23)17-4-3-11-25-17/h3-6,11-13H,7-10H2,1-2H3,(H2,20,21,24). The topological polar surface area (TPSA) is 61.4 Å². The Labute approximate surface area is 152 Å². The molecule has 0 saturated carbocycles. The first kappa shape index (κ1) is 17.5. The number of amides is 3. The molecule has 1 aromatic carbocycles. The monoisotopic (exact) mass is 357 g/mol. The van der Waals surface area contributed by atoms with Crippen molar-refractivity contribution in [3.05, 3.63) is 46.2 Å². The van der Waals surface area contributed by atoms with Crippen molar-refractivity contribution in [2.75, 3.05) is 23.3 Å². The molecule has 0 radical (unpaired) electrons. The van der Waals surface area contributed by atoms with E-state index < -0.39 is 0 Å². The van der Waals surface area contributed by atoms with Gasteiger partial charge in [-0.2, -0.15) is 0 Å². The van der Waals surface area contributed by atoms with Gasteiger partial charge in [0.25, 0.3) is 5.91 Å². The summed E-state index contributed by atoms with van der Waals surface area (Å²) in [5, 5.41) is 7.62. The molecule has 25 heavy (non-hydrogen) atoms. The minimum atomic E-state index is -0.213. The van der Waals surface area contributed by atoms with Crippen LogP contribution in [0.2, 0.25) is 0 Å². The molecule has 0 atom stereocenters. The van der Waals surface area contributed by atoms with E-state index in [9.17, 15) is 9.59 Å². The molecular formula is C19H23N3O2S. The highest BCUT2D eigenvalue weighted by atomic mass is 32.1. The van der Waals surface area contributed by atoms with Crippen LogP contribution in [-0.2, 0) is 6.42 Å². The van der Waals surface area contributed by atoms with Crippen molar-refractivity contribution >= 4 is 34.6 Å². The van der Waals surface area contributed by atoms with Crippen molar-refractivity contribution < 1.29 is 9.59 Å². The Kier molecular flexibility index (Phi) is 5.38. The molecule has 1 aromatic heterocycles. The third-order valence-electron chi connectivity index (χ3n) is 4.22. The highest BCUT2D eigenvalue weighted by Crippen LogP contribution is 2.32. The Morgan fingerprint density at radius 2 is 2.12 bits per heavy atom. The quantitative estimate of drug-likeness (QED) is 0.845. The number of carbonyl (C=O) groups excluding carboxylic acids is 2. The summed E-state index contributed by atoms with van der Waals surface area (Å²) in [5.41, 5.74) is 2.72. The van der Waals surface area contributed by atoms with Gasteiger partial charge in [-0.25, -0.2) is 4.79 Å². The Morgan fingerprint density at radius 3 is 2.84 bits per heavy atom. The van der Waals surface area contributed by atoms with Crippen molar-refractivity contribution in [3.63, 3.8) is 0 Å². The van der Waals surface area contributed by atoms with E-state index in [2.05, 4.69) is 24.5 Å². The molecule has 0 spiro atoms. The number of fused-ring (bicyclic) bond motifs is 1. The maximum absolute atomic E-state index is 12.6. The highest BCUT2D eigenvalue weighted by Gasteiger charge is 2.26. The van der Waals surface area contributed by atoms with Crippen molar-refractivity contribution in [2.45, 2.75) is 26.7 Å². The molecule has 0 saturated heterocycles. The summed E-state index contributed by atoms with van der Waals surface area (Å²) < 4.78 is 0. The number of thiophene rings is 1. The summed E-state index contributed by atoms with van der Waals surface area (Å²) in [6, 6.07) is 9.27. The number of hydrogen-bond acceptors (Lipinski definition) is 3. The molecule has 132 valence electrons. The molecule has 6 heteroatoms. The average molecular weight is 357 g/mol. The summed E-state index contributed by atoms with van der Waals surface area (Å²) in [6.07, 6.45) is 1.79. The van der Waals surface area contributed by atoms with Gasteiger partial charge in [0.2, 0.25) is 0 Å². The Bertz CT molecular complexity index is 756. The van der Waals surface area contributed by atoms with Crippen LogP contribution < -0.4 is 15.5 Å². The zero-order valence-corrected chi connectivity index (χ0v) is 15.4. The number of carbonyl (C=O) groups is 2. The number of nitrogens with zero attached hydrogens (tertiary/aromatic N) is 1. The van der Waals surface area contributed by atoms with Gasteiger partial charge in [-0.15, -0.1) is 11.3 Å². The number of urea groups is 1. The Balaban J connectivity index is 1.68. The number of rotatable bonds is 5. The lowest BCUT2D eigenvalue weighted by Gasteiger charge is -2.17. The molecule has 2 aromatic rings. The van der Waals surface area contributed by atoms with Gasteiger partial charge < -0.3 is 15.5 Å². The lowest BCUT2D eigenvalue weighted by molar-refractivity contribution is 0.0993. The summed E-state index contributed by atoms with van der Waals surface area (Å²) >= 11 is 1.45. The molecule has 1 aliphatic heterocycles. The zero-order valence-electron chi connectivity index (χ0n) is 14.5. The van der Waals surface area contributed by atoms with E-state index in [1.807, 2.05) is 35.7 Å². The molecule has 1 aliphatic rings. The second kappa shape index (κ2) is 7.70. The molecule has 2 heterocycles. The van der Waals surface area contributed by atoms with Gasteiger partial charge in [-0.1, -0.05) is 26.0 Å². The fourth-order valence-corrected chi connectivity index (χ4v) is 3.52. The SMILES string of the molecule is CC(C)CCNC(=O)Nc1ccc2c(c1)N(C(=O)c1cccs1)CC2. The van der Waals surface area contributed by atoms with E-state index in [-0.39, 0.29) is 11.9 Å². The zero-order chi connectivity index (χ0) is 17.8.